The Kier molecular flexibility index (Phi) is 2.92. The van der Waals surface area contributed by atoms with Crippen molar-refractivity contribution in [2.45, 2.75) is 37.6 Å². The van der Waals surface area contributed by atoms with Gasteiger partial charge in [-0.05, 0) is 63.0 Å². The van der Waals surface area contributed by atoms with Crippen LogP contribution in [0.1, 0.15) is 37.8 Å². The van der Waals surface area contributed by atoms with Crippen LogP contribution < -0.4 is 10.6 Å². The van der Waals surface area contributed by atoms with E-state index in [1.165, 1.54) is 24.0 Å². The van der Waals surface area contributed by atoms with Gasteiger partial charge in [0.25, 0.3) is 0 Å². The standard InChI is InChI=1S/C15H21ClN2/c1-14(2)12-4-3-11(16)9-13(12)15(10-18-14)5-7-17-8-6-15/h3-4,9,17-18H,5-8,10H2,1-2H3. The first-order chi connectivity index (χ1) is 8.54. The van der Waals surface area contributed by atoms with Crippen molar-refractivity contribution in [1.82, 2.24) is 10.6 Å². The van der Waals surface area contributed by atoms with Crippen molar-refractivity contribution in [2.75, 3.05) is 19.6 Å². The number of halogens is 1. The lowest BCUT2D eigenvalue weighted by molar-refractivity contribution is 0.227. The summed E-state index contributed by atoms with van der Waals surface area (Å²) in [6, 6.07) is 6.42. The van der Waals surface area contributed by atoms with E-state index in [2.05, 4.69) is 36.6 Å². The molecule has 2 aliphatic rings. The highest BCUT2D eigenvalue weighted by molar-refractivity contribution is 6.30. The lowest BCUT2D eigenvalue weighted by Crippen LogP contribution is -2.55. The molecule has 0 atom stereocenters. The Bertz CT molecular complexity index is 462. The highest BCUT2D eigenvalue weighted by atomic mass is 35.5. The topological polar surface area (TPSA) is 24.1 Å². The van der Waals surface area contributed by atoms with E-state index in [-0.39, 0.29) is 11.0 Å². The van der Waals surface area contributed by atoms with Gasteiger partial charge in [0.2, 0.25) is 0 Å². The Morgan fingerprint density at radius 3 is 2.56 bits per heavy atom. The van der Waals surface area contributed by atoms with Crippen molar-refractivity contribution in [1.29, 1.82) is 0 Å². The third-order valence-electron chi connectivity index (χ3n) is 4.66. The van der Waals surface area contributed by atoms with E-state index in [4.69, 9.17) is 11.6 Å². The van der Waals surface area contributed by atoms with Crippen LogP contribution in [0.5, 0.6) is 0 Å². The molecule has 1 fully saturated rings. The summed E-state index contributed by atoms with van der Waals surface area (Å²) in [5, 5.41) is 8.05. The molecule has 0 radical (unpaired) electrons. The van der Waals surface area contributed by atoms with Gasteiger partial charge in [0, 0.05) is 22.5 Å². The van der Waals surface area contributed by atoms with Crippen molar-refractivity contribution in [3.8, 4) is 0 Å². The Hall–Kier alpha value is -0.570. The van der Waals surface area contributed by atoms with Crippen LogP contribution in [-0.2, 0) is 11.0 Å². The first kappa shape index (κ1) is 12.5. The lowest BCUT2D eigenvalue weighted by atomic mass is 9.66. The summed E-state index contributed by atoms with van der Waals surface area (Å²) < 4.78 is 0. The van der Waals surface area contributed by atoms with E-state index in [9.17, 15) is 0 Å². The molecule has 0 aromatic heterocycles. The fraction of sp³-hybridized carbons (Fsp3) is 0.600. The lowest BCUT2D eigenvalue weighted by Gasteiger charge is -2.48. The third kappa shape index (κ3) is 1.87. The molecule has 3 heteroatoms. The van der Waals surface area contributed by atoms with Gasteiger partial charge >= 0.3 is 0 Å². The molecule has 1 spiro atoms. The second-order valence-corrected chi connectivity index (χ2v) is 6.64. The van der Waals surface area contributed by atoms with Gasteiger partial charge in [0.15, 0.2) is 0 Å². The van der Waals surface area contributed by atoms with Crippen molar-refractivity contribution >= 4 is 11.6 Å². The Morgan fingerprint density at radius 2 is 1.83 bits per heavy atom. The maximum Gasteiger partial charge on any atom is 0.0409 e. The van der Waals surface area contributed by atoms with E-state index in [1.807, 2.05) is 6.07 Å². The molecule has 98 valence electrons. The first-order valence-corrected chi connectivity index (χ1v) is 7.18. The van der Waals surface area contributed by atoms with Gasteiger partial charge in [0.05, 0.1) is 0 Å². The molecule has 3 rings (SSSR count). The van der Waals surface area contributed by atoms with Gasteiger partial charge in [-0.1, -0.05) is 17.7 Å². The van der Waals surface area contributed by atoms with E-state index >= 15 is 0 Å². The van der Waals surface area contributed by atoms with Crippen molar-refractivity contribution in [2.24, 2.45) is 0 Å². The summed E-state index contributed by atoms with van der Waals surface area (Å²) in [6.07, 6.45) is 2.40. The van der Waals surface area contributed by atoms with Gasteiger partial charge in [-0.3, -0.25) is 0 Å². The fourth-order valence-electron chi connectivity index (χ4n) is 3.43. The zero-order valence-corrected chi connectivity index (χ0v) is 11.9. The minimum atomic E-state index is 0.0516. The van der Waals surface area contributed by atoms with E-state index in [0.29, 0.717) is 0 Å². The molecule has 18 heavy (non-hydrogen) atoms. The summed E-state index contributed by atoms with van der Waals surface area (Å²) in [5.74, 6) is 0. The summed E-state index contributed by atoms with van der Waals surface area (Å²) in [5.41, 5.74) is 3.22. The predicted octanol–water partition coefficient (Wildman–Crippen LogP) is 2.80. The fourth-order valence-corrected chi connectivity index (χ4v) is 3.60. The molecule has 2 aliphatic heterocycles. The quantitative estimate of drug-likeness (QED) is 0.753. The van der Waals surface area contributed by atoms with Gasteiger partial charge in [-0.25, -0.2) is 0 Å². The number of hydrogen-bond acceptors (Lipinski definition) is 2. The van der Waals surface area contributed by atoms with Gasteiger partial charge in [-0.15, -0.1) is 0 Å². The Morgan fingerprint density at radius 1 is 1.11 bits per heavy atom. The summed E-state index contributed by atoms with van der Waals surface area (Å²) in [7, 11) is 0. The molecule has 0 amide bonds. The molecule has 1 saturated heterocycles. The maximum absolute atomic E-state index is 6.24. The smallest absolute Gasteiger partial charge is 0.0409 e. The zero-order valence-electron chi connectivity index (χ0n) is 11.1. The van der Waals surface area contributed by atoms with Crippen LogP contribution in [0.25, 0.3) is 0 Å². The number of hydrogen-bond donors (Lipinski definition) is 2. The average molecular weight is 265 g/mol. The van der Waals surface area contributed by atoms with Crippen molar-refractivity contribution in [3.63, 3.8) is 0 Å². The number of benzene rings is 1. The molecule has 2 N–H and O–H groups in total. The molecular formula is C15H21ClN2. The zero-order chi connectivity index (χ0) is 12.8. The Balaban J connectivity index is 2.14. The molecule has 1 aromatic rings. The van der Waals surface area contributed by atoms with Crippen LogP contribution in [0, 0.1) is 0 Å². The van der Waals surface area contributed by atoms with E-state index < -0.39 is 0 Å². The largest absolute Gasteiger partial charge is 0.317 e. The van der Waals surface area contributed by atoms with Crippen LogP contribution in [0.4, 0.5) is 0 Å². The predicted molar refractivity (Wildman–Crippen MR) is 76.3 cm³/mol. The Labute approximate surface area is 114 Å². The molecule has 0 aliphatic carbocycles. The van der Waals surface area contributed by atoms with Gasteiger partial charge in [-0.2, -0.15) is 0 Å². The van der Waals surface area contributed by atoms with Crippen molar-refractivity contribution < 1.29 is 0 Å². The monoisotopic (exact) mass is 264 g/mol. The number of nitrogens with one attached hydrogen (secondary N) is 2. The van der Waals surface area contributed by atoms with Crippen molar-refractivity contribution in [3.05, 3.63) is 34.3 Å². The maximum atomic E-state index is 6.24. The summed E-state index contributed by atoms with van der Waals surface area (Å²) in [4.78, 5) is 0. The molecular weight excluding hydrogens is 244 g/mol. The number of rotatable bonds is 0. The second-order valence-electron chi connectivity index (χ2n) is 6.20. The third-order valence-corrected chi connectivity index (χ3v) is 4.89. The molecule has 2 heterocycles. The van der Waals surface area contributed by atoms with Crippen LogP contribution in [0.3, 0.4) is 0 Å². The van der Waals surface area contributed by atoms with E-state index in [0.717, 1.165) is 24.7 Å². The molecule has 2 nitrogen and oxygen atoms in total. The SMILES string of the molecule is CC1(C)NCC2(CCNCC2)c2cc(Cl)ccc21. The molecule has 0 saturated carbocycles. The highest BCUT2D eigenvalue weighted by Crippen LogP contribution is 2.43. The van der Waals surface area contributed by atoms with Crippen LogP contribution in [0.15, 0.2) is 18.2 Å². The molecule has 1 aromatic carbocycles. The highest BCUT2D eigenvalue weighted by Gasteiger charge is 2.42. The minimum Gasteiger partial charge on any atom is -0.317 e. The van der Waals surface area contributed by atoms with Gasteiger partial charge < -0.3 is 10.6 Å². The molecule has 0 bridgehead atoms. The van der Waals surface area contributed by atoms with E-state index in [1.54, 1.807) is 0 Å². The summed E-state index contributed by atoms with van der Waals surface area (Å²) >= 11 is 6.24. The molecule has 0 unspecified atom stereocenters. The average Bonchev–Trinajstić information content (AvgIpc) is 2.36. The first-order valence-electron chi connectivity index (χ1n) is 6.80. The van der Waals surface area contributed by atoms with Gasteiger partial charge in [0.1, 0.15) is 0 Å². The number of piperidine rings is 1. The summed E-state index contributed by atoms with van der Waals surface area (Å²) in [6.45, 7) is 7.79. The van der Waals surface area contributed by atoms with Crippen LogP contribution in [0.2, 0.25) is 5.02 Å². The normalized spacial score (nSPS) is 24.8. The second kappa shape index (κ2) is 4.22. The van der Waals surface area contributed by atoms with Crippen LogP contribution >= 0.6 is 11.6 Å². The minimum absolute atomic E-state index is 0.0516. The van der Waals surface area contributed by atoms with Crippen LogP contribution in [-0.4, -0.2) is 19.6 Å². The number of fused-ring (bicyclic) bond motifs is 2.